The zero-order valence-corrected chi connectivity index (χ0v) is 12.3. The molecular formula is C14H31NO3. The summed E-state index contributed by atoms with van der Waals surface area (Å²) < 4.78 is 10.8. The number of aliphatic hydroxyl groups is 1. The molecular weight excluding hydrogens is 230 g/mol. The van der Waals surface area contributed by atoms with Crippen molar-refractivity contribution in [2.24, 2.45) is 5.92 Å². The molecule has 0 rings (SSSR count). The van der Waals surface area contributed by atoms with Crippen LogP contribution in [0.3, 0.4) is 0 Å². The molecule has 0 saturated carbocycles. The number of hydrogen-bond donors (Lipinski definition) is 2. The van der Waals surface area contributed by atoms with E-state index in [-0.39, 0.29) is 0 Å². The average Bonchev–Trinajstić information content (AvgIpc) is 2.33. The van der Waals surface area contributed by atoms with Crippen molar-refractivity contribution >= 4 is 0 Å². The third kappa shape index (κ3) is 13.9. The molecule has 0 fully saturated rings. The van der Waals surface area contributed by atoms with E-state index >= 15 is 0 Å². The minimum atomic E-state index is -0.404. The molecule has 0 heterocycles. The predicted molar refractivity (Wildman–Crippen MR) is 74.9 cm³/mol. The number of nitrogens with one attached hydrogen (secondary N) is 1. The highest BCUT2D eigenvalue weighted by atomic mass is 16.5. The van der Waals surface area contributed by atoms with Gasteiger partial charge in [-0.2, -0.15) is 0 Å². The lowest BCUT2D eigenvalue weighted by Gasteiger charge is -2.12. The van der Waals surface area contributed by atoms with Crippen molar-refractivity contribution in [1.29, 1.82) is 0 Å². The first-order valence-corrected chi connectivity index (χ1v) is 7.21. The van der Waals surface area contributed by atoms with E-state index in [1.54, 1.807) is 0 Å². The number of rotatable bonds is 13. The zero-order chi connectivity index (χ0) is 13.6. The van der Waals surface area contributed by atoms with Crippen LogP contribution in [0.15, 0.2) is 0 Å². The van der Waals surface area contributed by atoms with Crippen molar-refractivity contribution in [2.45, 2.75) is 46.1 Å². The van der Waals surface area contributed by atoms with Gasteiger partial charge in [0.2, 0.25) is 0 Å². The normalized spacial score (nSPS) is 13.2. The SMILES string of the molecule is CCCCOCC(O)CNCCCOCC(C)C. The van der Waals surface area contributed by atoms with E-state index in [4.69, 9.17) is 9.47 Å². The van der Waals surface area contributed by atoms with Crippen LogP contribution in [0.25, 0.3) is 0 Å². The molecule has 1 unspecified atom stereocenters. The Hall–Kier alpha value is -0.160. The number of ether oxygens (including phenoxy) is 2. The summed E-state index contributed by atoms with van der Waals surface area (Å²) in [4.78, 5) is 0. The van der Waals surface area contributed by atoms with Gasteiger partial charge in [-0.1, -0.05) is 27.2 Å². The van der Waals surface area contributed by atoms with Crippen LogP contribution in [-0.4, -0.2) is 50.7 Å². The van der Waals surface area contributed by atoms with Crippen LogP contribution in [-0.2, 0) is 9.47 Å². The van der Waals surface area contributed by atoms with Gasteiger partial charge in [-0.3, -0.25) is 0 Å². The summed E-state index contributed by atoms with van der Waals surface area (Å²) in [5.74, 6) is 0.597. The van der Waals surface area contributed by atoms with Crippen LogP contribution < -0.4 is 5.32 Å². The fraction of sp³-hybridized carbons (Fsp3) is 1.00. The van der Waals surface area contributed by atoms with E-state index in [2.05, 4.69) is 26.1 Å². The van der Waals surface area contributed by atoms with Crippen LogP contribution in [0.1, 0.15) is 40.0 Å². The largest absolute Gasteiger partial charge is 0.389 e. The van der Waals surface area contributed by atoms with E-state index in [0.29, 0.717) is 19.1 Å². The summed E-state index contributed by atoms with van der Waals surface area (Å²) in [6.45, 7) is 10.7. The fourth-order valence-electron chi connectivity index (χ4n) is 1.41. The Morgan fingerprint density at radius 1 is 1.06 bits per heavy atom. The van der Waals surface area contributed by atoms with Crippen molar-refractivity contribution in [3.63, 3.8) is 0 Å². The van der Waals surface area contributed by atoms with Crippen molar-refractivity contribution in [1.82, 2.24) is 5.32 Å². The maximum atomic E-state index is 9.61. The quantitative estimate of drug-likeness (QED) is 0.497. The molecule has 4 nitrogen and oxygen atoms in total. The molecule has 0 radical (unpaired) electrons. The Bertz CT molecular complexity index is 165. The molecule has 4 heteroatoms. The second-order valence-electron chi connectivity index (χ2n) is 5.11. The minimum Gasteiger partial charge on any atom is -0.389 e. The lowest BCUT2D eigenvalue weighted by Crippen LogP contribution is -2.31. The summed E-state index contributed by atoms with van der Waals surface area (Å²) in [5.41, 5.74) is 0. The van der Waals surface area contributed by atoms with Crippen LogP contribution >= 0.6 is 0 Å². The van der Waals surface area contributed by atoms with Crippen LogP contribution in [0, 0.1) is 5.92 Å². The van der Waals surface area contributed by atoms with E-state index in [1.165, 1.54) is 0 Å². The molecule has 0 aliphatic carbocycles. The van der Waals surface area contributed by atoms with Crippen molar-refractivity contribution in [3.8, 4) is 0 Å². The predicted octanol–water partition coefficient (Wildman–Crippen LogP) is 1.82. The Balaban J connectivity index is 3.12. The highest BCUT2D eigenvalue weighted by Crippen LogP contribution is 1.93. The summed E-state index contributed by atoms with van der Waals surface area (Å²) in [5, 5.41) is 12.8. The van der Waals surface area contributed by atoms with E-state index < -0.39 is 6.10 Å². The van der Waals surface area contributed by atoms with Gasteiger partial charge >= 0.3 is 0 Å². The third-order valence-corrected chi connectivity index (χ3v) is 2.43. The van der Waals surface area contributed by atoms with Crippen LogP contribution in [0.2, 0.25) is 0 Å². The highest BCUT2D eigenvalue weighted by molar-refractivity contribution is 4.58. The average molecular weight is 261 g/mol. The van der Waals surface area contributed by atoms with Gasteiger partial charge in [0.15, 0.2) is 0 Å². The first-order chi connectivity index (χ1) is 8.66. The van der Waals surface area contributed by atoms with E-state index in [9.17, 15) is 5.11 Å². The maximum Gasteiger partial charge on any atom is 0.0897 e. The lowest BCUT2D eigenvalue weighted by molar-refractivity contribution is 0.0355. The topological polar surface area (TPSA) is 50.7 Å². The fourth-order valence-corrected chi connectivity index (χ4v) is 1.41. The first-order valence-electron chi connectivity index (χ1n) is 7.21. The summed E-state index contributed by atoms with van der Waals surface area (Å²) in [6.07, 6.45) is 2.77. The monoisotopic (exact) mass is 261 g/mol. The van der Waals surface area contributed by atoms with Gasteiger partial charge < -0.3 is 19.9 Å². The lowest BCUT2D eigenvalue weighted by atomic mass is 10.2. The third-order valence-electron chi connectivity index (χ3n) is 2.43. The first kappa shape index (κ1) is 17.8. The summed E-state index contributed by atoms with van der Waals surface area (Å²) in [6, 6.07) is 0. The van der Waals surface area contributed by atoms with Gasteiger partial charge in [-0.15, -0.1) is 0 Å². The van der Waals surface area contributed by atoms with Crippen molar-refractivity contribution in [3.05, 3.63) is 0 Å². The van der Waals surface area contributed by atoms with Crippen LogP contribution in [0.4, 0.5) is 0 Å². The highest BCUT2D eigenvalue weighted by Gasteiger charge is 2.03. The van der Waals surface area contributed by atoms with Crippen molar-refractivity contribution in [2.75, 3.05) is 39.5 Å². The molecule has 1 atom stereocenters. The molecule has 2 N–H and O–H groups in total. The molecule has 0 aromatic carbocycles. The molecule has 18 heavy (non-hydrogen) atoms. The summed E-state index contributed by atoms with van der Waals surface area (Å²) >= 11 is 0. The Labute approximate surface area is 112 Å². The molecule has 0 bridgehead atoms. The Morgan fingerprint density at radius 3 is 2.39 bits per heavy atom. The second-order valence-corrected chi connectivity index (χ2v) is 5.11. The molecule has 0 aromatic rings. The molecule has 0 amide bonds. The molecule has 0 spiro atoms. The second kappa shape index (κ2) is 13.3. The van der Waals surface area contributed by atoms with Gasteiger partial charge in [-0.25, -0.2) is 0 Å². The van der Waals surface area contributed by atoms with Gasteiger partial charge in [-0.05, 0) is 25.3 Å². The molecule has 0 aliphatic rings. The minimum absolute atomic E-state index is 0.404. The molecule has 0 aromatic heterocycles. The van der Waals surface area contributed by atoms with E-state index in [0.717, 1.165) is 45.6 Å². The number of aliphatic hydroxyl groups excluding tert-OH is 1. The van der Waals surface area contributed by atoms with Crippen molar-refractivity contribution < 1.29 is 14.6 Å². The molecule has 110 valence electrons. The van der Waals surface area contributed by atoms with Gasteiger partial charge in [0.05, 0.1) is 12.7 Å². The molecule has 0 saturated heterocycles. The smallest absolute Gasteiger partial charge is 0.0897 e. The number of unbranched alkanes of at least 4 members (excludes halogenated alkanes) is 1. The maximum absolute atomic E-state index is 9.61. The van der Waals surface area contributed by atoms with Crippen LogP contribution in [0.5, 0.6) is 0 Å². The molecule has 0 aliphatic heterocycles. The zero-order valence-electron chi connectivity index (χ0n) is 12.3. The Morgan fingerprint density at radius 2 is 1.72 bits per heavy atom. The van der Waals surface area contributed by atoms with Gasteiger partial charge in [0.1, 0.15) is 0 Å². The Kier molecular flexibility index (Phi) is 13.2. The van der Waals surface area contributed by atoms with Gasteiger partial charge in [0, 0.05) is 26.4 Å². The summed E-state index contributed by atoms with van der Waals surface area (Å²) in [7, 11) is 0. The standard InChI is InChI=1S/C14H31NO3/c1-4-5-8-18-12-14(16)10-15-7-6-9-17-11-13(2)3/h13-16H,4-12H2,1-3H3. The number of hydrogen-bond acceptors (Lipinski definition) is 4. The van der Waals surface area contributed by atoms with E-state index in [1.807, 2.05) is 0 Å². The van der Waals surface area contributed by atoms with Gasteiger partial charge in [0.25, 0.3) is 0 Å².